The zero-order valence-electron chi connectivity index (χ0n) is 19.9. The maximum absolute atomic E-state index is 8.77. The van der Waals surface area contributed by atoms with E-state index in [-0.39, 0.29) is 0 Å². The highest BCUT2D eigenvalue weighted by Gasteiger charge is 2.40. The number of hydrogen-bond donors (Lipinski definition) is 0. The van der Waals surface area contributed by atoms with E-state index in [1.165, 1.54) is 0 Å². The van der Waals surface area contributed by atoms with Crippen molar-refractivity contribution in [1.82, 2.24) is 0 Å². The van der Waals surface area contributed by atoms with Gasteiger partial charge in [-0.3, -0.25) is 0 Å². The smallest absolute Gasteiger partial charge is 0.160 e. The highest BCUT2D eigenvalue weighted by molar-refractivity contribution is 5.15. The summed E-state index contributed by atoms with van der Waals surface area (Å²) in [5.74, 6) is 0. The summed E-state index contributed by atoms with van der Waals surface area (Å²) >= 11 is 0. The van der Waals surface area contributed by atoms with Crippen molar-refractivity contribution >= 4 is 0 Å². The van der Waals surface area contributed by atoms with E-state index >= 15 is 0 Å². The van der Waals surface area contributed by atoms with Crippen molar-refractivity contribution < 1.29 is 25.1 Å². The molecule has 0 radical (unpaired) electrons. The minimum Gasteiger partial charge on any atom is -0.374 e. The van der Waals surface area contributed by atoms with Crippen LogP contribution in [0.25, 0.3) is 0 Å². The van der Waals surface area contributed by atoms with Crippen LogP contribution in [0.4, 0.5) is 0 Å². The maximum atomic E-state index is 8.77. The van der Waals surface area contributed by atoms with Gasteiger partial charge in [-0.2, -0.15) is 0 Å². The molecular formula is C28H32O5. The molecule has 0 amide bonds. The molecule has 1 aliphatic heterocycles. The first-order chi connectivity index (χ1) is 16.7. The predicted octanol–water partition coefficient (Wildman–Crippen LogP) is 5.14. The van der Waals surface area contributed by atoms with Crippen molar-refractivity contribution in [2.24, 2.45) is 0 Å². The van der Waals surface area contributed by atoms with Crippen LogP contribution < -0.4 is 0 Å². The van der Waals surface area contributed by atoms with E-state index < -0.39 is 31.0 Å². The fourth-order valence-electron chi connectivity index (χ4n) is 3.79. The van der Waals surface area contributed by atoms with Crippen LogP contribution in [0, 0.1) is 0 Å². The minimum atomic E-state index is -0.764. The minimum absolute atomic E-state index is 0.298. The molecule has 1 fully saturated rings. The van der Waals surface area contributed by atoms with Gasteiger partial charge < -0.3 is 23.7 Å². The van der Waals surface area contributed by atoms with Crippen LogP contribution in [0.1, 0.15) is 24.5 Å². The third-order valence-corrected chi connectivity index (χ3v) is 5.54. The molecule has 0 saturated carbocycles. The highest BCUT2D eigenvalue weighted by Crippen LogP contribution is 2.28. The second kappa shape index (κ2) is 12.6. The molecule has 0 spiro atoms. The van der Waals surface area contributed by atoms with Gasteiger partial charge in [0, 0.05) is 14.9 Å². The standard InChI is InChI=1S/C28H32O5/c1-29-27-17-25(31-19-23-13-7-3-8-14-23)28(32-20-24-15-9-4-10-16-24)26(33-27)21-30-18-22-11-5-2-6-12-22/h2-16,25-28H,17-21H2,1H3/t25-,26-,27+,28+/m1/s1/i17D/t17-,25+,26+,27-,28-/m0. The van der Waals surface area contributed by atoms with E-state index in [2.05, 4.69) is 0 Å². The number of benzene rings is 3. The summed E-state index contributed by atoms with van der Waals surface area (Å²) in [4.78, 5) is 0. The van der Waals surface area contributed by atoms with E-state index in [9.17, 15) is 0 Å². The average Bonchev–Trinajstić information content (AvgIpc) is 2.89. The molecule has 1 aliphatic rings. The van der Waals surface area contributed by atoms with Crippen LogP contribution in [0.3, 0.4) is 0 Å². The Morgan fingerprint density at radius 1 is 0.758 bits per heavy atom. The van der Waals surface area contributed by atoms with Gasteiger partial charge in [0.05, 0.1) is 32.5 Å². The molecule has 1 saturated heterocycles. The summed E-state index contributed by atoms with van der Waals surface area (Å²) in [6.45, 7) is 1.52. The van der Waals surface area contributed by atoms with Crippen LogP contribution in [0.5, 0.6) is 0 Å². The predicted molar refractivity (Wildman–Crippen MR) is 126 cm³/mol. The van der Waals surface area contributed by atoms with E-state index in [1.54, 1.807) is 7.11 Å². The van der Waals surface area contributed by atoms with E-state index in [4.69, 9.17) is 25.1 Å². The number of hydrogen-bond acceptors (Lipinski definition) is 5. The molecule has 5 nitrogen and oxygen atoms in total. The molecule has 5 atom stereocenters. The SMILES string of the molecule is [2H][C@@H]1[C@@H](OC)O[C@H](COCc2ccccc2)[C@@H](OCc2ccccc2)[C@@H]1OCc1ccccc1. The van der Waals surface area contributed by atoms with Gasteiger partial charge in [-0.05, 0) is 16.7 Å². The van der Waals surface area contributed by atoms with Gasteiger partial charge >= 0.3 is 0 Å². The molecule has 0 aromatic heterocycles. The lowest BCUT2D eigenvalue weighted by atomic mass is 10.0. The van der Waals surface area contributed by atoms with E-state index in [1.807, 2.05) is 91.0 Å². The lowest BCUT2D eigenvalue weighted by molar-refractivity contribution is -0.272. The Morgan fingerprint density at radius 3 is 1.82 bits per heavy atom. The van der Waals surface area contributed by atoms with Crippen molar-refractivity contribution in [3.8, 4) is 0 Å². The third-order valence-electron chi connectivity index (χ3n) is 5.54. The van der Waals surface area contributed by atoms with E-state index in [0.29, 0.717) is 26.4 Å². The third kappa shape index (κ3) is 7.22. The summed E-state index contributed by atoms with van der Waals surface area (Å²) in [5, 5.41) is 0. The van der Waals surface area contributed by atoms with Gasteiger partial charge in [-0.1, -0.05) is 91.0 Å². The van der Waals surface area contributed by atoms with Gasteiger partial charge in [-0.25, -0.2) is 0 Å². The van der Waals surface area contributed by atoms with Gasteiger partial charge in [0.1, 0.15) is 12.2 Å². The zero-order valence-corrected chi connectivity index (χ0v) is 18.9. The maximum Gasteiger partial charge on any atom is 0.160 e. The fraction of sp³-hybridized carbons (Fsp3) is 0.357. The molecule has 5 heteroatoms. The molecule has 0 N–H and O–H groups in total. The first-order valence-electron chi connectivity index (χ1n) is 11.9. The molecule has 3 aromatic rings. The quantitative estimate of drug-likeness (QED) is 0.406. The van der Waals surface area contributed by atoms with Gasteiger partial charge in [-0.15, -0.1) is 0 Å². The van der Waals surface area contributed by atoms with Crippen molar-refractivity contribution in [1.29, 1.82) is 0 Å². The molecule has 1 heterocycles. The van der Waals surface area contributed by atoms with Crippen molar-refractivity contribution in [3.63, 3.8) is 0 Å². The molecule has 0 bridgehead atoms. The lowest BCUT2D eigenvalue weighted by Gasteiger charge is -2.41. The molecule has 4 rings (SSSR count). The van der Waals surface area contributed by atoms with E-state index in [0.717, 1.165) is 16.7 Å². The first kappa shape index (κ1) is 22.3. The van der Waals surface area contributed by atoms with Crippen molar-refractivity contribution in [2.75, 3.05) is 13.7 Å². The Kier molecular flexibility index (Phi) is 8.52. The van der Waals surface area contributed by atoms with Crippen LogP contribution in [0.2, 0.25) is 0 Å². The van der Waals surface area contributed by atoms with Crippen molar-refractivity contribution in [2.45, 2.75) is 50.8 Å². The molecule has 33 heavy (non-hydrogen) atoms. The summed E-state index contributed by atoms with van der Waals surface area (Å²) in [6, 6.07) is 29.9. The first-order valence-corrected chi connectivity index (χ1v) is 11.3. The molecule has 3 aromatic carbocycles. The van der Waals surface area contributed by atoms with Crippen molar-refractivity contribution in [3.05, 3.63) is 108 Å². The largest absolute Gasteiger partial charge is 0.374 e. The summed E-state index contributed by atoms with van der Waals surface area (Å²) in [7, 11) is 1.55. The Bertz CT molecular complexity index is 956. The summed E-state index contributed by atoms with van der Waals surface area (Å²) in [6.07, 6.45) is -2.98. The zero-order chi connectivity index (χ0) is 23.6. The monoisotopic (exact) mass is 449 g/mol. The van der Waals surface area contributed by atoms with Crippen LogP contribution in [0.15, 0.2) is 91.0 Å². The molecule has 0 unspecified atom stereocenters. The molecule has 174 valence electrons. The second-order valence-electron chi connectivity index (χ2n) is 7.99. The highest BCUT2D eigenvalue weighted by atomic mass is 16.7. The Hall–Kier alpha value is -2.54. The Balaban J connectivity index is 1.48. The second-order valence-corrected chi connectivity index (χ2v) is 7.99. The van der Waals surface area contributed by atoms with Gasteiger partial charge in [0.25, 0.3) is 0 Å². The number of ether oxygens (including phenoxy) is 5. The number of methoxy groups -OCH3 is 1. The van der Waals surface area contributed by atoms with Crippen LogP contribution >= 0.6 is 0 Å². The van der Waals surface area contributed by atoms with Gasteiger partial charge in [0.15, 0.2) is 6.29 Å². The average molecular weight is 450 g/mol. The normalized spacial score (nSPS) is 25.5. The Morgan fingerprint density at radius 2 is 1.27 bits per heavy atom. The van der Waals surface area contributed by atoms with Crippen LogP contribution in [-0.4, -0.2) is 38.3 Å². The lowest BCUT2D eigenvalue weighted by Crippen LogP contribution is -2.52. The summed E-state index contributed by atoms with van der Waals surface area (Å²) in [5.41, 5.74) is 3.16. The van der Waals surface area contributed by atoms with Gasteiger partial charge in [0.2, 0.25) is 0 Å². The fourth-order valence-corrected chi connectivity index (χ4v) is 3.79. The Labute approximate surface area is 197 Å². The summed E-state index contributed by atoms with van der Waals surface area (Å²) < 4.78 is 39.0. The number of rotatable bonds is 11. The molecule has 0 aliphatic carbocycles. The molecular weight excluding hydrogens is 416 g/mol. The van der Waals surface area contributed by atoms with Crippen LogP contribution in [-0.2, 0) is 43.5 Å². The topological polar surface area (TPSA) is 46.2 Å².